The summed E-state index contributed by atoms with van der Waals surface area (Å²) in [6.45, 7) is 1.38. The second kappa shape index (κ2) is 4.28. The smallest absolute Gasteiger partial charge is 0.180 e. The molecule has 0 amide bonds. The summed E-state index contributed by atoms with van der Waals surface area (Å²) >= 11 is 0. The van der Waals surface area contributed by atoms with Crippen molar-refractivity contribution >= 4 is 5.78 Å². The van der Waals surface area contributed by atoms with Gasteiger partial charge in [0.25, 0.3) is 0 Å². The molecule has 1 saturated heterocycles. The van der Waals surface area contributed by atoms with E-state index in [1.165, 1.54) is 37.5 Å². The third kappa shape index (κ3) is 1.97. The zero-order valence-corrected chi connectivity index (χ0v) is 10.2. The third-order valence-electron chi connectivity index (χ3n) is 4.15. The summed E-state index contributed by atoms with van der Waals surface area (Å²) in [6, 6.07) is 4.69. The third-order valence-corrected chi connectivity index (χ3v) is 4.15. The average Bonchev–Trinajstić information content (AvgIpc) is 2.90. The van der Waals surface area contributed by atoms with Gasteiger partial charge in [-0.1, -0.05) is 0 Å². The number of nitrogens with zero attached hydrogens (tertiary/aromatic N) is 1. The van der Waals surface area contributed by atoms with Crippen LogP contribution in [-0.4, -0.2) is 40.0 Å². The van der Waals surface area contributed by atoms with E-state index in [0.717, 1.165) is 12.5 Å². The molecule has 1 aliphatic heterocycles. The normalized spacial score (nSPS) is 26.7. The van der Waals surface area contributed by atoms with Crippen LogP contribution in [0.1, 0.15) is 29.6 Å². The Kier molecular flexibility index (Phi) is 2.74. The number of benzene rings is 1. The number of phenolic OH excluding ortho intramolecular Hbond substituents is 2. The van der Waals surface area contributed by atoms with Gasteiger partial charge in [-0.15, -0.1) is 0 Å². The van der Waals surface area contributed by atoms with Crippen molar-refractivity contribution in [3.05, 3.63) is 23.8 Å². The van der Waals surface area contributed by atoms with Crippen molar-refractivity contribution in [3.8, 4) is 11.5 Å². The van der Waals surface area contributed by atoms with Crippen molar-refractivity contribution in [2.75, 3.05) is 13.1 Å². The molecule has 0 radical (unpaired) electrons. The van der Waals surface area contributed by atoms with Crippen molar-refractivity contribution in [1.29, 1.82) is 0 Å². The molecule has 2 atom stereocenters. The number of aromatic hydroxyl groups is 2. The number of carbonyl (C=O) groups is 1. The van der Waals surface area contributed by atoms with Gasteiger partial charge in [-0.25, -0.2) is 0 Å². The molecule has 2 N–H and O–H groups in total. The predicted octanol–water partition coefficient (Wildman–Crippen LogP) is 1.76. The topological polar surface area (TPSA) is 60.8 Å². The van der Waals surface area contributed by atoms with Gasteiger partial charge in [0.05, 0.1) is 12.1 Å². The first-order valence-electron chi connectivity index (χ1n) is 6.42. The molecule has 96 valence electrons. The highest BCUT2D eigenvalue weighted by Crippen LogP contribution is 2.37. The van der Waals surface area contributed by atoms with Crippen molar-refractivity contribution in [2.45, 2.75) is 25.3 Å². The maximum atomic E-state index is 12.1. The number of fused-ring (bicyclic) bond motifs is 2. The number of likely N-dealkylation sites (tertiary alicyclic amines) is 1. The standard InChI is InChI=1S/C14H17NO3/c16-11-3-4-12(13(17)6-11)14(18)8-15-7-9-1-2-10(15)5-9/h3-4,6,9-10,16-17H,1-2,5,7-8H2. The second-order valence-corrected chi connectivity index (χ2v) is 5.39. The second-order valence-electron chi connectivity index (χ2n) is 5.39. The van der Waals surface area contributed by atoms with E-state index in [0.29, 0.717) is 18.2 Å². The molecule has 4 nitrogen and oxygen atoms in total. The van der Waals surface area contributed by atoms with E-state index in [2.05, 4.69) is 4.90 Å². The molecule has 1 saturated carbocycles. The summed E-state index contributed by atoms with van der Waals surface area (Å²) in [7, 11) is 0. The summed E-state index contributed by atoms with van der Waals surface area (Å²) in [4.78, 5) is 14.4. The fourth-order valence-electron chi connectivity index (χ4n) is 3.25. The Morgan fingerprint density at radius 3 is 2.78 bits per heavy atom. The van der Waals surface area contributed by atoms with Crippen LogP contribution < -0.4 is 0 Å². The van der Waals surface area contributed by atoms with Crippen LogP contribution in [0.15, 0.2) is 18.2 Å². The highest BCUT2D eigenvalue weighted by molar-refractivity contribution is 6.00. The molecule has 2 bridgehead atoms. The number of rotatable bonds is 3. The van der Waals surface area contributed by atoms with Crippen molar-refractivity contribution in [3.63, 3.8) is 0 Å². The molecule has 1 aliphatic carbocycles. The van der Waals surface area contributed by atoms with E-state index in [9.17, 15) is 15.0 Å². The summed E-state index contributed by atoms with van der Waals surface area (Å²) in [6.07, 6.45) is 3.70. The quantitative estimate of drug-likeness (QED) is 0.799. The van der Waals surface area contributed by atoms with Gasteiger partial charge in [0.1, 0.15) is 11.5 Å². The van der Waals surface area contributed by atoms with Gasteiger partial charge in [-0.2, -0.15) is 0 Å². The number of phenols is 2. The molecule has 1 aromatic carbocycles. The van der Waals surface area contributed by atoms with Crippen LogP contribution in [-0.2, 0) is 0 Å². The minimum Gasteiger partial charge on any atom is -0.508 e. The summed E-state index contributed by atoms with van der Waals surface area (Å²) in [5, 5.41) is 18.9. The fourth-order valence-corrected chi connectivity index (χ4v) is 3.25. The van der Waals surface area contributed by atoms with Crippen LogP contribution in [0.25, 0.3) is 0 Å². The van der Waals surface area contributed by atoms with E-state index < -0.39 is 0 Å². The zero-order valence-electron chi connectivity index (χ0n) is 10.2. The molecule has 3 rings (SSSR count). The molecule has 1 heterocycles. The lowest BCUT2D eigenvalue weighted by Gasteiger charge is -2.25. The van der Waals surface area contributed by atoms with Crippen molar-refractivity contribution in [1.82, 2.24) is 4.90 Å². The number of hydrogen-bond acceptors (Lipinski definition) is 4. The first-order chi connectivity index (χ1) is 8.63. The molecule has 2 aliphatic rings. The molecule has 0 aromatic heterocycles. The Balaban J connectivity index is 1.71. The van der Waals surface area contributed by atoms with Crippen molar-refractivity contribution in [2.24, 2.45) is 5.92 Å². The molecule has 1 aromatic rings. The number of piperidine rings is 1. The highest BCUT2D eigenvalue weighted by atomic mass is 16.3. The Morgan fingerprint density at radius 2 is 2.17 bits per heavy atom. The van der Waals surface area contributed by atoms with Gasteiger partial charge < -0.3 is 10.2 Å². The minimum atomic E-state index is -0.135. The van der Waals surface area contributed by atoms with Crippen molar-refractivity contribution < 1.29 is 15.0 Å². The average molecular weight is 247 g/mol. The fraction of sp³-hybridized carbons (Fsp3) is 0.500. The lowest BCUT2D eigenvalue weighted by Crippen LogP contribution is -2.36. The van der Waals surface area contributed by atoms with Gasteiger partial charge in [0, 0.05) is 18.7 Å². The molecular formula is C14H17NO3. The highest BCUT2D eigenvalue weighted by Gasteiger charge is 2.38. The maximum absolute atomic E-state index is 12.1. The van der Waals surface area contributed by atoms with Crippen LogP contribution in [0.3, 0.4) is 0 Å². The first-order valence-corrected chi connectivity index (χ1v) is 6.42. The number of carbonyl (C=O) groups excluding carboxylic acids is 1. The van der Waals surface area contributed by atoms with E-state index in [1.54, 1.807) is 0 Å². The molecule has 0 spiro atoms. The molecule has 4 heteroatoms. The Bertz CT molecular complexity index is 486. The van der Waals surface area contributed by atoms with E-state index >= 15 is 0 Å². The molecule has 2 unspecified atom stereocenters. The van der Waals surface area contributed by atoms with Crippen LogP contribution >= 0.6 is 0 Å². The first kappa shape index (κ1) is 11.5. The van der Waals surface area contributed by atoms with Gasteiger partial charge in [0.2, 0.25) is 0 Å². The molecular weight excluding hydrogens is 230 g/mol. The summed E-state index contributed by atoms with van der Waals surface area (Å²) < 4.78 is 0. The lowest BCUT2D eigenvalue weighted by molar-refractivity contribution is 0.0902. The molecule has 2 fully saturated rings. The SMILES string of the molecule is O=C(CN1CC2CCC1C2)c1ccc(O)cc1O. The number of Topliss-reactive ketones (excluding diaryl/α,β-unsaturated/α-hetero) is 1. The molecule has 18 heavy (non-hydrogen) atoms. The monoisotopic (exact) mass is 247 g/mol. The van der Waals surface area contributed by atoms with Gasteiger partial charge >= 0.3 is 0 Å². The Labute approximate surface area is 106 Å². The van der Waals surface area contributed by atoms with E-state index in [1.807, 2.05) is 0 Å². The maximum Gasteiger partial charge on any atom is 0.180 e. The number of ketones is 1. The van der Waals surface area contributed by atoms with Gasteiger partial charge in [-0.05, 0) is 37.3 Å². The Hall–Kier alpha value is -1.55. The van der Waals surface area contributed by atoms with Gasteiger partial charge in [0.15, 0.2) is 5.78 Å². The Morgan fingerprint density at radius 1 is 1.33 bits per heavy atom. The largest absolute Gasteiger partial charge is 0.508 e. The predicted molar refractivity (Wildman–Crippen MR) is 66.8 cm³/mol. The van der Waals surface area contributed by atoms with Crippen LogP contribution in [0.2, 0.25) is 0 Å². The van der Waals surface area contributed by atoms with Gasteiger partial charge in [-0.3, -0.25) is 9.69 Å². The van der Waals surface area contributed by atoms with Crippen LogP contribution in [0.4, 0.5) is 0 Å². The summed E-state index contributed by atoms with van der Waals surface area (Å²) in [5.41, 5.74) is 0.301. The van der Waals surface area contributed by atoms with E-state index in [-0.39, 0.29) is 17.3 Å². The summed E-state index contributed by atoms with van der Waals surface area (Å²) in [5.74, 6) is 0.532. The van der Waals surface area contributed by atoms with Crippen LogP contribution in [0, 0.1) is 5.92 Å². The van der Waals surface area contributed by atoms with E-state index in [4.69, 9.17) is 0 Å². The minimum absolute atomic E-state index is 0.0238. The van der Waals surface area contributed by atoms with Crippen LogP contribution in [0.5, 0.6) is 11.5 Å². The lowest BCUT2D eigenvalue weighted by atomic mass is 10.1. The zero-order chi connectivity index (χ0) is 12.7. The number of hydrogen-bond donors (Lipinski definition) is 2.